The number of methoxy groups -OCH3 is 1. The zero-order chi connectivity index (χ0) is 25.4. The molecule has 0 bridgehead atoms. The molecule has 184 valence electrons. The van der Waals surface area contributed by atoms with E-state index < -0.39 is 21.7 Å². The molecule has 0 aliphatic rings. The lowest BCUT2D eigenvalue weighted by atomic mass is 10.0. The number of hydrogen-bond donors (Lipinski definition) is 2. The Morgan fingerprint density at radius 1 is 1.03 bits per heavy atom. The number of nitrogens with zero attached hydrogens (tertiary/aromatic N) is 3. The summed E-state index contributed by atoms with van der Waals surface area (Å²) in [6, 6.07) is 10.5. The highest BCUT2D eigenvalue weighted by Crippen LogP contribution is 2.34. The topological polar surface area (TPSA) is 102 Å². The second-order valence-electron chi connectivity index (χ2n) is 8.32. The fourth-order valence-electron chi connectivity index (χ4n) is 4.05. The van der Waals surface area contributed by atoms with Gasteiger partial charge in [-0.3, -0.25) is 9.40 Å². The average Bonchev–Trinajstić information content (AvgIpc) is 3.43. The predicted octanol–water partition coefficient (Wildman–Crippen LogP) is 4.80. The van der Waals surface area contributed by atoms with Gasteiger partial charge < -0.3 is 9.72 Å². The summed E-state index contributed by atoms with van der Waals surface area (Å²) in [4.78, 5) is 7.65. The number of halogens is 2. The first-order chi connectivity index (χ1) is 17.2. The third-order valence-electron chi connectivity index (χ3n) is 5.57. The van der Waals surface area contributed by atoms with Gasteiger partial charge in [-0.25, -0.2) is 22.2 Å². The maximum Gasteiger partial charge on any atom is 0.229 e. The fourth-order valence-corrected chi connectivity index (χ4v) is 4.60. The normalized spacial score (nSPS) is 11.7. The lowest BCUT2D eigenvalue weighted by Crippen LogP contribution is -2.10. The number of ether oxygens (including phenoxy) is 1. The molecule has 5 rings (SSSR count). The molecule has 8 nitrogen and oxygen atoms in total. The Bertz CT molecular complexity index is 1680. The van der Waals surface area contributed by atoms with E-state index >= 15 is 0 Å². The van der Waals surface area contributed by atoms with Crippen LogP contribution in [-0.2, 0) is 16.6 Å². The van der Waals surface area contributed by atoms with E-state index in [1.807, 2.05) is 18.3 Å². The summed E-state index contributed by atoms with van der Waals surface area (Å²) >= 11 is 0. The molecular weight excluding hydrogens is 488 g/mol. The summed E-state index contributed by atoms with van der Waals surface area (Å²) < 4.78 is 60.0. The van der Waals surface area contributed by atoms with Gasteiger partial charge in [0.1, 0.15) is 23.0 Å². The molecule has 0 amide bonds. The standard InChI is InChI=1S/C25H21F2N5O3S/c1-35-24-4-3-16(8-23(24)31-36(2,33)34)17-7-21-22(12-29-25(21)28-10-17)18-11-30-32(14-18)13-15-5-19(26)9-20(27)6-15/h3-12,14,31H,13H2,1-2H3,(H,28,29). The number of aromatic nitrogens is 4. The minimum atomic E-state index is -3.50. The molecule has 0 saturated heterocycles. The molecule has 0 atom stereocenters. The van der Waals surface area contributed by atoms with Crippen LogP contribution in [0.2, 0.25) is 0 Å². The van der Waals surface area contributed by atoms with Crippen molar-refractivity contribution in [2.24, 2.45) is 0 Å². The third kappa shape index (κ3) is 4.91. The molecule has 0 saturated carbocycles. The Balaban J connectivity index is 1.49. The number of aromatic amines is 1. The zero-order valence-corrected chi connectivity index (χ0v) is 20.1. The van der Waals surface area contributed by atoms with E-state index in [0.717, 1.165) is 40.0 Å². The van der Waals surface area contributed by atoms with Crippen LogP contribution >= 0.6 is 0 Å². The molecule has 2 N–H and O–H groups in total. The van der Waals surface area contributed by atoms with Crippen molar-refractivity contribution in [2.75, 3.05) is 18.1 Å². The van der Waals surface area contributed by atoms with Crippen LogP contribution in [0.25, 0.3) is 33.3 Å². The quantitative estimate of drug-likeness (QED) is 0.328. The van der Waals surface area contributed by atoms with Crippen LogP contribution in [0.1, 0.15) is 5.56 Å². The first kappa shape index (κ1) is 23.5. The van der Waals surface area contributed by atoms with E-state index in [1.165, 1.54) is 19.2 Å². The second kappa shape index (κ2) is 9.08. The van der Waals surface area contributed by atoms with E-state index in [2.05, 4.69) is 19.8 Å². The number of anilines is 1. The van der Waals surface area contributed by atoms with Crippen LogP contribution in [0.3, 0.4) is 0 Å². The number of benzene rings is 2. The molecule has 3 aromatic heterocycles. The van der Waals surface area contributed by atoms with E-state index in [0.29, 0.717) is 22.6 Å². The first-order valence-corrected chi connectivity index (χ1v) is 12.7. The Labute approximate surface area is 205 Å². The van der Waals surface area contributed by atoms with Gasteiger partial charge in [0, 0.05) is 46.7 Å². The number of nitrogens with one attached hydrogen (secondary N) is 2. The largest absolute Gasteiger partial charge is 0.495 e. The molecular formula is C25H21F2N5O3S. The van der Waals surface area contributed by atoms with Gasteiger partial charge in [-0.2, -0.15) is 5.10 Å². The SMILES string of the molecule is COc1ccc(-c2cnc3[nH]cc(-c4cnn(Cc5cc(F)cc(F)c5)c4)c3c2)cc1NS(C)(=O)=O. The molecule has 36 heavy (non-hydrogen) atoms. The monoisotopic (exact) mass is 509 g/mol. The average molecular weight is 510 g/mol. The highest BCUT2D eigenvalue weighted by molar-refractivity contribution is 7.92. The number of sulfonamides is 1. The molecule has 0 spiro atoms. The molecule has 11 heteroatoms. The van der Waals surface area contributed by atoms with Crippen LogP contribution in [0.5, 0.6) is 5.75 Å². The first-order valence-electron chi connectivity index (χ1n) is 10.8. The van der Waals surface area contributed by atoms with Gasteiger partial charge in [-0.1, -0.05) is 6.07 Å². The van der Waals surface area contributed by atoms with Gasteiger partial charge in [0.25, 0.3) is 0 Å². The van der Waals surface area contributed by atoms with Gasteiger partial charge in [0.15, 0.2) is 0 Å². The van der Waals surface area contributed by atoms with Crippen molar-refractivity contribution >= 4 is 26.7 Å². The third-order valence-corrected chi connectivity index (χ3v) is 6.16. The summed E-state index contributed by atoms with van der Waals surface area (Å²) in [6.07, 6.45) is 8.04. The minimum Gasteiger partial charge on any atom is -0.495 e. The summed E-state index contributed by atoms with van der Waals surface area (Å²) in [7, 11) is -2.04. The van der Waals surface area contributed by atoms with Crippen LogP contribution in [0.4, 0.5) is 14.5 Å². The molecule has 2 aromatic carbocycles. The lowest BCUT2D eigenvalue weighted by Gasteiger charge is -2.12. The van der Waals surface area contributed by atoms with Gasteiger partial charge in [0.05, 0.1) is 31.8 Å². The van der Waals surface area contributed by atoms with Crippen molar-refractivity contribution in [1.82, 2.24) is 19.7 Å². The number of fused-ring (bicyclic) bond motifs is 1. The molecule has 0 aliphatic heterocycles. The van der Waals surface area contributed by atoms with Crippen LogP contribution in [0, 0.1) is 11.6 Å². The smallest absolute Gasteiger partial charge is 0.229 e. The van der Waals surface area contributed by atoms with Gasteiger partial charge in [-0.15, -0.1) is 0 Å². The van der Waals surface area contributed by atoms with Crippen molar-refractivity contribution in [3.05, 3.63) is 84.4 Å². The second-order valence-corrected chi connectivity index (χ2v) is 10.1. The van der Waals surface area contributed by atoms with Crippen molar-refractivity contribution < 1.29 is 21.9 Å². The summed E-state index contributed by atoms with van der Waals surface area (Å²) in [6.45, 7) is 0.211. The van der Waals surface area contributed by atoms with Crippen molar-refractivity contribution in [3.63, 3.8) is 0 Å². The molecule has 0 unspecified atom stereocenters. The summed E-state index contributed by atoms with van der Waals surface area (Å²) in [5.41, 5.74) is 4.60. The predicted molar refractivity (Wildman–Crippen MR) is 133 cm³/mol. The van der Waals surface area contributed by atoms with Crippen molar-refractivity contribution in [3.8, 4) is 28.0 Å². The Kier molecular flexibility index (Phi) is 5.92. The Morgan fingerprint density at radius 3 is 2.53 bits per heavy atom. The van der Waals surface area contributed by atoms with E-state index in [4.69, 9.17) is 4.74 Å². The highest BCUT2D eigenvalue weighted by atomic mass is 32.2. The number of hydrogen-bond acceptors (Lipinski definition) is 5. The number of H-pyrrole nitrogens is 1. The van der Waals surface area contributed by atoms with Crippen LogP contribution in [0.15, 0.2) is 67.3 Å². The van der Waals surface area contributed by atoms with Crippen LogP contribution in [-0.4, -0.2) is 41.5 Å². The maximum atomic E-state index is 13.5. The van der Waals surface area contributed by atoms with Gasteiger partial charge in [0.2, 0.25) is 10.0 Å². The Morgan fingerprint density at radius 2 is 1.81 bits per heavy atom. The summed E-state index contributed by atoms with van der Waals surface area (Å²) in [5.74, 6) is -0.881. The highest BCUT2D eigenvalue weighted by Gasteiger charge is 2.14. The molecule has 5 aromatic rings. The summed E-state index contributed by atoms with van der Waals surface area (Å²) in [5, 5.41) is 5.17. The number of rotatable bonds is 7. The zero-order valence-electron chi connectivity index (χ0n) is 19.3. The Hall–Kier alpha value is -4.25. The van der Waals surface area contributed by atoms with E-state index in [1.54, 1.807) is 35.4 Å². The van der Waals surface area contributed by atoms with Crippen molar-refractivity contribution in [2.45, 2.75) is 6.54 Å². The molecule has 3 heterocycles. The molecule has 0 aliphatic carbocycles. The van der Waals surface area contributed by atoms with Gasteiger partial charge in [-0.05, 0) is 41.5 Å². The maximum absolute atomic E-state index is 13.5. The van der Waals surface area contributed by atoms with Crippen LogP contribution < -0.4 is 9.46 Å². The van der Waals surface area contributed by atoms with E-state index in [9.17, 15) is 17.2 Å². The minimum absolute atomic E-state index is 0.211. The van der Waals surface area contributed by atoms with E-state index in [-0.39, 0.29) is 6.54 Å². The van der Waals surface area contributed by atoms with Crippen molar-refractivity contribution in [1.29, 1.82) is 0 Å². The lowest BCUT2D eigenvalue weighted by molar-refractivity contribution is 0.417. The number of pyridine rings is 1. The molecule has 0 radical (unpaired) electrons. The fraction of sp³-hybridized carbons (Fsp3) is 0.120. The molecule has 0 fully saturated rings. The van der Waals surface area contributed by atoms with Gasteiger partial charge >= 0.3 is 0 Å².